The van der Waals surface area contributed by atoms with Gasteiger partial charge in [-0.15, -0.1) is 0 Å². The van der Waals surface area contributed by atoms with Crippen LogP contribution in [0.15, 0.2) is 29.2 Å². The summed E-state index contributed by atoms with van der Waals surface area (Å²) in [6.07, 6.45) is 8.75. The van der Waals surface area contributed by atoms with Gasteiger partial charge in [-0.3, -0.25) is 8.98 Å². The molecule has 0 aromatic heterocycles. The predicted molar refractivity (Wildman–Crippen MR) is 120 cm³/mol. The van der Waals surface area contributed by atoms with Crippen molar-refractivity contribution in [2.45, 2.75) is 89.6 Å². The Labute approximate surface area is 187 Å². The molecular formula is C26H36O4S. The molecule has 1 aromatic rings. The molecule has 0 heterocycles. The highest BCUT2D eigenvalue weighted by Crippen LogP contribution is 2.66. The van der Waals surface area contributed by atoms with Crippen LogP contribution in [0.1, 0.15) is 77.2 Å². The van der Waals surface area contributed by atoms with Crippen LogP contribution in [0.3, 0.4) is 0 Å². The molecule has 4 nitrogen and oxygen atoms in total. The van der Waals surface area contributed by atoms with E-state index in [1.54, 1.807) is 12.1 Å². The van der Waals surface area contributed by atoms with Crippen LogP contribution in [0.4, 0.5) is 0 Å². The van der Waals surface area contributed by atoms with Crippen molar-refractivity contribution >= 4 is 15.9 Å². The summed E-state index contributed by atoms with van der Waals surface area (Å²) < 4.78 is 32.0. The van der Waals surface area contributed by atoms with Crippen LogP contribution in [0.25, 0.3) is 0 Å². The smallest absolute Gasteiger partial charge is 0.297 e. The molecule has 0 N–H and O–H groups in total. The highest BCUT2D eigenvalue weighted by Gasteiger charge is 2.61. The maximum Gasteiger partial charge on any atom is 0.297 e. The van der Waals surface area contributed by atoms with Gasteiger partial charge in [-0.2, -0.15) is 8.42 Å². The number of fused-ring (bicyclic) bond motifs is 5. The zero-order valence-electron chi connectivity index (χ0n) is 19.1. The van der Waals surface area contributed by atoms with E-state index in [-0.39, 0.29) is 21.8 Å². The molecule has 5 heteroatoms. The number of hydrogen-bond donors (Lipinski definition) is 0. The molecule has 0 spiro atoms. The highest BCUT2D eigenvalue weighted by atomic mass is 32.2. The third kappa shape index (κ3) is 3.42. The van der Waals surface area contributed by atoms with Crippen molar-refractivity contribution in [2.75, 3.05) is 0 Å². The second-order valence-electron chi connectivity index (χ2n) is 11.4. The fourth-order valence-corrected chi connectivity index (χ4v) is 9.27. The van der Waals surface area contributed by atoms with E-state index in [4.69, 9.17) is 4.18 Å². The Morgan fingerprint density at radius 2 is 1.61 bits per heavy atom. The summed E-state index contributed by atoms with van der Waals surface area (Å²) in [5.74, 6) is 2.85. The van der Waals surface area contributed by atoms with Crippen molar-refractivity contribution in [3.05, 3.63) is 29.8 Å². The van der Waals surface area contributed by atoms with Crippen LogP contribution < -0.4 is 0 Å². The summed E-state index contributed by atoms with van der Waals surface area (Å²) in [4.78, 5) is 12.4. The second-order valence-corrected chi connectivity index (χ2v) is 12.9. The number of hydrogen-bond acceptors (Lipinski definition) is 4. The van der Waals surface area contributed by atoms with Gasteiger partial charge in [-0.25, -0.2) is 0 Å². The summed E-state index contributed by atoms with van der Waals surface area (Å²) in [5.41, 5.74) is 1.25. The van der Waals surface area contributed by atoms with E-state index >= 15 is 0 Å². The summed E-state index contributed by atoms with van der Waals surface area (Å²) in [6.45, 7) is 6.69. The van der Waals surface area contributed by atoms with Crippen LogP contribution in [0.2, 0.25) is 0 Å². The van der Waals surface area contributed by atoms with Gasteiger partial charge in [0.25, 0.3) is 10.1 Å². The van der Waals surface area contributed by atoms with Crippen molar-refractivity contribution < 1.29 is 17.4 Å². The van der Waals surface area contributed by atoms with Gasteiger partial charge in [0.05, 0.1) is 11.0 Å². The van der Waals surface area contributed by atoms with Crippen molar-refractivity contribution in [2.24, 2.45) is 34.5 Å². The molecule has 0 unspecified atom stereocenters. The molecule has 0 saturated heterocycles. The van der Waals surface area contributed by atoms with Gasteiger partial charge >= 0.3 is 0 Å². The molecular weight excluding hydrogens is 408 g/mol. The molecule has 4 saturated carbocycles. The summed E-state index contributed by atoms with van der Waals surface area (Å²) in [7, 11) is -3.75. The van der Waals surface area contributed by atoms with Crippen LogP contribution in [0.5, 0.6) is 0 Å². The topological polar surface area (TPSA) is 60.4 Å². The minimum atomic E-state index is -3.75. The van der Waals surface area contributed by atoms with Gasteiger partial charge in [0.1, 0.15) is 5.78 Å². The first-order valence-corrected chi connectivity index (χ1v) is 13.6. The maximum atomic E-state index is 13.0. The maximum absolute atomic E-state index is 13.0. The monoisotopic (exact) mass is 444 g/mol. The molecule has 5 rings (SSSR count). The third-order valence-corrected chi connectivity index (χ3v) is 11.3. The van der Waals surface area contributed by atoms with E-state index in [1.165, 1.54) is 6.42 Å². The second kappa shape index (κ2) is 7.41. The van der Waals surface area contributed by atoms with Crippen molar-refractivity contribution in [3.8, 4) is 0 Å². The molecule has 4 aliphatic rings. The van der Waals surface area contributed by atoms with Gasteiger partial charge in [0, 0.05) is 12.8 Å². The molecule has 4 aliphatic carbocycles. The molecule has 0 radical (unpaired) electrons. The Balaban J connectivity index is 1.37. The lowest BCUT2D eigenvalue weighted by Gasteiger charge is -2.60. The average Bonchev–Trinajstić information content (AvgIpc) is 3.04. The van der Waals surface area contributed by atoms with E-state index in [0.29, 0.717) is 29.5 Å². The molecule has 7 atom stereocenters. The fraction of sp³-hybridized carbons (Fsp3) is 0.731. The fourth-order valence-electron chi connectivity index (χ4n) is 8.07. The third-order valence-electron chi connectivity index (χ3n) is 9.95. The van der Waals surface area contributed by atoms with E-state index in [1.807, 2.05) is 19.1 Å². The first kappa shape index (κ1) is 21.6. The van der Waals surface area contributed by atoms with Crippen LogP contribution in [0, 0.1) is 41.4 Å². The van der Waals surface area contributed by atoms with Crippen molar-refractivity contribution in [3.63, 3.8) is 0 Å². The Kier molecular flexibility index (Phi) is 5.17. The largest absolute Gasteiger partial charge is 0.300 e. The number of aryl methyl sites for hydroxylation is 1. The quantitative estimate of drug-likeness (QED) is 0.563. The van der Waals surface area contributed by atoms with E-state index in [2.05, 4.69) is 13.8 Å². The average molecular weight is 445 g/mol. The lowest BCUT2D eigenvalue weighted by molar-refractivity contribution is -0.140. The molecule has 170 valence electrons. The molecule has 4 fully saturated rings. The van der Waals surface area contributed by atoms with Gasteiger partial charge in [0.15, 0.2) is 0 Å². The van der Waals surface area contributed by atoms with Crippen molar-refractivity contribution in [1.29, 1.82) is 0 Å². The van der Waals surface area contributed by atoms with Gasteiger partial charge in [0.2, 0.25) is 0 Å². The summed E-state index contributed by atoms with van der Waals surface area (Å²) in [5, 5.41) is 0. The summed E-state index contributed by atoms with van der Waals surface area (Å²) in [6, 6.07) is 6.97. The number of ketones is 1. The van der Waals surface area contributed by atoms with Gasteiger partial charge in [-0.05, 0) is 98.5 Å². The van der Waals surface area contributed by atoms with Crippen LogP contribution >= 0.6 is 0 Å². The van der Waals surface area contributed by atoms with Gasteiger partial charge < -0.3 is 0 Å². The number of Topliss-reactive ketones (excluding diaryl/α,β-unsaturated/α-hetero) is 1. The Bertz CT molecular complexity index is 968. The SMILES string of the molecule is Cc1ccc(S(=O)(=O)O[C@H]2CC[C@H]3[C@@H]4CC[C@H]5CC(=O)CC[C@]5(C)[C@H]4CC[C@]23C)cc1. The molecule has 0 bridgehead atoms. The Morgan fingerprint density at radius 3 is 2.35 bits per heavy atom. The minimum absolute atomic E-state index is 0.0768. The normalized spacial score (nSPS) is 42.5. The number of carbonyl (C=O) groups excluding carboxylic acids is 1. The molecule has 31 heavy (non-hydrogen) atoms. The van der Waals surface area contributed by atoms with E-state index in [0.717, 1.165) is 56.9 Å². The standard InChI is InChI=1S/C26H36O4S/c1-17-4-7-20(8-5-17)31(28,29)30-24-11-10-22-21-9-6-18-16-19(27)12-14-25(18,2)23(21)13-15-26(22,24)3/h4-5,7-8,18,21-24H,6,9-16H2,1-3H3/t18-,21-,22-,23-,24-,25-,26-/m0/s1. The van der Waals surface area contributed by atoms with Crippen molar-refractivity contribution in [1.82, 2.24) is 0 Å². The Hall–Kier alpha value is -1.20. The first-order valence-electron chi connectivity index (χ1n) is 12.2. The number of benzene rings is 1. The van der Waals surface area contributed by atoms with Crippen LogP contribution in [-0.4, -0.2) is 20.3 Å². The lowest BCUT2D eigenvalue weighted by atomic mass is 9.45. The van der Waals surface area contributed by atoms with Gasteiger partial charge in [-0.1, -0.05) is 31.5 Å². The lowest BCUT2D eigenvalue weighted by Crippen LogP contribution is -2.54. The molecule has 1 aromatic carbocycles. The van der Waals surface area contributed by atoms with Crippen LogP contribution in [-0.2, 0) is 19.1 Å². The predicted octanol–water partition coefficient (Wildman–Crippen LogP) is 5.68. The van der Waals surface area contributed by atoms with E-state index in [9.17, 15) is 13.2 Å². The summed E-state index contributed by atoms with van der Waals surface area (Å²) >= 11 is 0. The highest BCUT2D eigenvalue weighted by molar-refractivity contribution is 7.86. The molecule has 0 aliphatic heterocycles. The minimum Gasteiger partial charge on any atom is -0.300 e. The molecule has 0 amide bonds. The Morgan fingerprint density at radius 1 is 0.903 bits per heavy atom. The zero-order chi connectivity index (χ0) is 22.0. The zero-order valence-corrected chi connectivity index (χ0v) is 19.9. The number of rotatable bonds is 3. The van der Waals surface area contributed by atoms with E-state index < -0.39 is 10.1 Å². The first-order chi connectivity index (χ1) is 14.6. The number of carbonyl (C=O) groups is 1.